The fourth-order valence-electron chi connectivity index (χ4n) is 2.60. The van der Waals surface area contributed by atoms with Crippen LogP contribution in [0, 0.1) is 0 Å². The standard InChI is InChI=1S/C17H26N4O2.ClH/c1-21(13-14-6-3-2-4-7-14)17(23)19-11-9-16(22)20-12-15-8-5-10-18-15;/h2-4,6-7,15,18H,5,8-13H2,1H3,(H,19,23)(H,20,22);1H. The summed E-state index contributed by atoms with van der Waals surface area (Å²) in [7, 11) is 1.74. The second-order valence-electron chi connectivity index (χ2n) is 5.92. The summed E-state index contributed by atoms with van der Waals surface area (Å²) in [5, 5.41) is 9.01. The summed E-state index contributed by atoms with van der Waals surface area (Å²) in [6.45, 7) is 2.60. The highest BCUT2D eigenvalue weighted by atomic mass is 35.5. The Labute approximate surface area is 149 Å². The number of halogens is 1. The van der Waals surface area contributed by atoms with Crippen molar-refractivity contribution in [2.75, 3.05) is 26.7 Å². The summed E-state index contributed by atoms with van der Waals surface area (Å²) in [5.41, 5.74) is 1.08. The molecule has 1 heterocycles. The Hall–Kier alpha value is -1.79. The van der Waals surface area contributed by atoms with Crippen LogP contribution in [0.3, 0.4) is 0 Å². The van der Waals surface area contributed by atoms with Crippen LogP contribution in [-0.4, -0.2) is 49.6 Å². The molecule has 134 valence electrons. The third-order valence-corrected chi connectivity index (χ3v) is 3.95. The van der Waals surface area contributed by atoms with E-state index < -0.39 is 0 Å². The molecule has 0 aliphatic carbocycles. The molecule has 24 heavy (non-hydrogen) atoms. The first-order chi connectivity index (χ1) is 11.1. The lowest BCUT2D eigenvalue weighted by Crippen LogP contribution is -2.40. The highest BCUT2D eigenvalue weighted by molar-refractivity contribution is 5.85. The van der Waals surface area contributed by atoms with Crippen LogP contribution in [0.2, 0.25) is 0 Å². The van der Waals surface area contributed by atoms with E-state index in [4.69, 9.17) is 0 Å². The fourth-order valence-corrected chi connectivity index (χ4v) is 2.60. The molecule has 1 aromatic rings. The summed E-state index contributed by atoms with van der Waals surface area (Å²) in [6.07, 6.45) is 2.59. The molecular weight excluding hydrogens is 328 g/mol. The maximum absolute atomic E-state index is 12.0. The minimum absolute atomic E-state index is 0. The van der Waals surface area contributed by atoms with E-state index in [2.05, 4.69) is 16.0 Å². The van der Waals surface area contributed by atoms with Crippen LogP contribution in [0.4, 0.5) is 4.79 Å². The number of benzene rings is 1. The van der Waals surface area contributed by atoms with Crippen LogP contribution in [0.5, 0.6) is 0 Å². The monoisotopic (exact) mass is 354 g/mol. The first-order valence-electron chi connectivity index (χ1n) is 8.18. The van der Waals surface area contributed by atoms with Crippen molar-refractivity contribution < 1.29 is 9.59 Å². The van der Waals surface area contributed by atoms with Crippen molar-refractivity contribution in [1.82, 2.24) is 20.9 Å². The number of carbonyl (C=O) groups excluding carboxylic acids is 2. The largest absolute Gasteiger partial charge is 0.354 e. The van der Waals surface area contributed by atoms with Crippen molar-refractivity contribution in [3.05, 3.63) is 35.9 Å². The molecule has 7 heteroatoms. The van der Waals surface area contributed by atoms with E-state index >= 15 is 0 Å². The highest BCUT2D eigenvalue weighted by Crippen LogP contribution is 2.03. The van der Waals surface area contributed by atoms with Crippen molar-refractivity contribution in [2.24, 2.45) is 0 Å². The molecule has 1 unspecified atom stereocenters. The fraction of sp³-hybridized carbons (Fsp3) is 0.529. The first-order valence-corrected chi connectivity index (χ1v) is 8.18. The van der Waals surface area contributed by atoms with E-state index in [0.29, 0.717) is 32.1 Å². The number of hydrogen-bond acceptors (Lipinski definition) is 3. The zero-order chi connectivity index (χ0) is 16.5. The van der Waals surface area contributed by atoms with Gasteiger partial charge in [-0.25, -0.2) is 4.79 Å². The van der Waals surface area contributed by atoms with Crippen molar-refractivity contribution in [1.29, 1.82) is 0 Å². The van der Waals surface area contributed by atoms with Crippen LogP contribution in [-0.2, 0) is 11.3 Å². The average molecular weight is 355 g/mol. The molecule has 1 fully saturated rings. The number of urea groups is 1. The lowest BCUT2D eigenvalue weighted by molar-refractivity contribution is -0.121. The summed E-state index contributed by atoms with van der Waals surface area (Å²) < 4.78 is 0. The molecule has 3 amide bonds. The van der Waals surface area contributed by atoms with Gasteiger partial charge in [0.1, 0.15) is 0 Å². The van der Waals surface area contributed by atoms with Gasteiger partial charge in [-0.15, -0.1) is 12.4 Å². The van der Waals surface area contributed by atoms with Crippen LogP contribution >= 0.6 is 12.4 Å². The van der Waals surface area contributed by atoms with Crippen LogP contribution in [0.1, 0.15) is 24.8 Å². The molecule has 1 aliphatic heterocycles. The molecule has 1 saturated heterocycles. The lowest BCUT2D eigenvalue weighted by atomic mass is 10.2. The predicted octanol–water partition coefficient (Wildman–Crippen LogP) is 1.51. The van der Waals surface area contributed by atoms with Crippen molar-refractivity contribution in [3.8, 4) is 0 Å². The summed E-state index contributed by atoms with van der Waals surface area (Å²) in [6, 6.07) is 10.0. The van der Waals surface area contributed by atoms with Gasteiger partial charge in [-0.3, -0.25) is 4.79 Å². The molecule has 0 saturated carbocycles. The number of carbonyl (C=O) groups is 2. The van der Waals surface area contributed by atoms with Crippen LogP contribution < -0.4 is 16.0 Å². The van der Waals surface area contributed by atoms with Crippen LogP contribution in [0.15, 0.2) is 30.3 Å². The van der Waals surface area contributed by atoms with Gasteiger partial charge < -0.3 is 20.9 Å². The Balaban J connectivity index is 0.00000288. The second kappa shape index (κ2) is 10.9. The van der Waals surface area contributed by atoms with E-state index in [1.807, 2.05) is 30.3 Å². The number of rotatable bonds is 7. The molecule has 0 radical (unpaired) electrons. The normalized spacial score (nSPS) is 16.1. The first kappa shape index (κ1) is 20.3. The molecule has 3 N–H and O–H groups in total. The van der Waals surface area contributed by atoms with Crippen LogP contribution in [0.25, 0.3) is 0 Å². The van der Waals surface area contributed by atoms with Crippen molar-refractivity contribution >= 4 is 24.3 Å². The Morgan fingerprint density at radius 1 is 1.25 bits per heavy atom. The van der Waals surface area contributed by atoms with Gasteiger partial charge in [0.25, 0.3) is 0 Å². The Bertz CT molecular complexity index is 507. The van der Waals surface area contributed by atoms with E-state index in [1.54, 1.807) is 11.9 Å². The quantitative estimate of drug-likeness (QED) is 0.695. The van der Waals surface area contributed by atoms with Gasteiger partial charge in [-0.2, -0.15) is 0 Å². The number of nitrogens with one attached hydrogen (secondary N) is 3. The molecule has 0 aromatic heterocycles. The number of nitrogens with zero attached hydrogens (tertiary/aromatic N) is 1. The molecule has 1 atom stereocenters. The van der Waals surface area contributed by atoms with E-state index in [0.717, 1.165) is 18.5 Å². The zero-order valence-corrected chi connectivity index (χ0v) is 14.9. The third kappa shape index (κ3) is 7.19. The predicted molar refractivity (Wildman–Crippen MR) is 97.2 cm³/mol. The Morgan fingerprint density at radius 2 is 2.00 bits per heavy atom. The third-order valence-electron chi connectivity index (χ3n) is 3.95. The van der Waals surface area contributed by atoms with Gasteiger partial charge in [0.2, 0.25) is 5.91 Å². The minimum Gasteiger partial charge on any atom is -0.354 e. The van der Waals surface area contributed by atoms with Crippen molar-refractivity contribution in [3.63, 3.8) is 0 Å². The summed E-state index contributed by atoms with van der Waals surface area (Å²) in [5.74, 6) is -0.0234. The molecule has 0 spiro atoms. The van der Waals surface area contributed by atoms with Gasteiger partial charge in [-0.1, -0.05) is 30.3 Å². The maximum atomic E-state index is 12.0. The van der Waals surface area contributed by atoms with Crippen molar-refractivity contribution in [2.45, 2.75) is 31.8 Å². The minimum atomic E-state index is -0.167. The lowest BCUT2D eigenvalue weighted by Gasteiger charge is -2.18. The zero-order valence-electron chi connectivity index (χ0n) is 14.1. The average Bonchev–Trinajstić information content (AvgIpc) is 3.07. The van der Waals surface area contributed by atoms with Gasteiger partial charge in [0.05, 0.1) is 0 Å². The smallest absolute Gasteiger partial charge is 0.317 e. The van der Waals surface area contributed by atoms with Gasteiger partial charge in [0, 0.05) is 39.1 Å². The number of amides is 3. The van der Waals surface area contributed by atoms with Gasteiger partial charge in [0.15, 0.2) is 0 Å². The summed E-state index contributed by atoms with van der Waals surface area (Å²) >= 11 is 0. The topological polar surface area (TPSA) is 73.5 Å². The van der Waals surface area contributed by atoms with E-state index in [1.165, 1.54) is 6.42 Å². The SMILES string of the molecule is CN(Cc1ccccc1)C(=O)NCCC(=O)NCC1CCCN1.Cl. The van der Waals surface area contributed by atoms with Gasteiger partial charge in [-0.05, 0) is 24.9 Å². The maximum Gasteiger partial charge on any atom is 0.317 e. The molecule has 0 bridgehead atoms. The van der Waals surface area contributed by atoms with Gasteiger partial charge >= 0.3 is 6.03 Å². The molecule has 2 rings (SSSR count). The Morgan fingerprint density at radius 3 is 2.67 bits per heavy atom. The molecule has 1 aliphatic rings. The second-order valence-corrected chi connectivity index (χ2v) is 5.92. The summed E-state index contributed by atoms with van der Waals surface area (Å²) in [4.78, 5) is 25.3. The molecule has 1 aromatic carbocycles. The number of hydrogen-bond donors (Lipinski definition) is 3. The van der Waals surface area contributed by atoms with E-state index in [9.17, 15) is 9.59 Å². The van der Waals surface area contributed by atoms with E-state index in [-0.39, 0.29) is 24.3 Å². The Kier molecular flexibility index (Phi) is 9.19. The molecule has 6 nitrogen and oxygen atoms in total. The highest BCUT2D eigenvalue weighted by Gasteiger charge is 2.14. The molecular formula is C17H27ClN4O2.